The van der Waals surface area contributed by atoms with Crippen molar-refractivity contribution in [3.05, 3.63) is 29.8 Å². The summed E-state index contributed by atoms with van der Waals surface area (Å²) in [5.74, 6) is -4.22. The number of aliphatic hydroxyl groups excluding tert-OH is 2. The molecule has 0 aliphatic heterocycles. The maximum Gasteiger partial charge on any atom is 0.328 e. The molecule has 1 rings (SSSR count). The van der Waals surface area contributed by atoms with Gasteiger partial charge < -0.3 is 42.1 Å². The first-order chi connectivity index (χ1) is 15.7. The van der Waals surface area contributed by atoms with Gasteiger partial charge in [-0.1, -0.05) is 26.0 Å². The fourth-order valence-corrected chi connectivity index (χ4v) is 2.94. The molecule has 9 N–H and O–H groups in total. The second-order valence-corrected chi connectivity index (χ2v) is 8.49. The summed E-state index contributed by atoms with van der Waals surface area (Å²) in [6.45, 7) is 5.87. The number of carboxylic acid groups (broad SMARTS) is 1. The largest absolute Gasteiger partial charge is 0.508 e. The molecule has 12 nitrogen and oxygen atoms in total. The molecule has 190 valence electrons. The van der Waals surface area contributed by atoms with Crippen LogP contribution in [0.3, 0.4) is 0 Å². The number of aliphatic carboxylic acids is 1. The summed E-state index contributed by atoms with van der Waals surface area (Å²) in [5.41, 5.74) is 6.31. The lowest BCUT2D eigenvalue weighted by Crippen LogP contribution is -2.61. The lowest BCUT2D eigenvalue weighted by atomic mass is 10.0. The lowest BCUT2D eigenvalue weighted by Gasteiger charge is -2.27. The number of carbonyl (C=O) groups is 4. The van der Waals surface area contributed by atoms with E-state index in [0.717, 1.165) is 0 Å². The summed E-state index contributed by atoms with van der Waals surface area (Å²) in [4.78, 5) is 49.5. The minimum Gasteiger partial charge on any atom is -0.508 e. The van der Waals surface area contributed by atoms with Gasteiger partial charge >= 0.3 is 5.97 Å². The molecule has 6 unspecified atom stereocenters. The molecule has 34 heavy (non-hydrogen) atoms. The van der Waals surface area contributed by atoms with Crippen molar-refractivity contribution in [3.8, 4) is 5.75 Å². The van der Waals surface area contributed by atoms with E-state index < -0.39 is 60.1 Å². The molecule has 0 bridgehead atoms. The fraction of sp³-hybridized carbons (Fsp3) is 0.545. The van der Waals surface area contributed by atoms with Crippen LogP contribution in [0.15, 0.2) is 24.3 Å². The van der Waals surface area contributed by atoms with E-state index in [-0.39, 0.29) is 18.1 Å². The van der Waals surface area contributed by atoms with E-state index in [2.05, 4.69) is 16.0 Å². The number of phenols is 1. The Labute approximate surface area is 197 Å². The SMILES string of the molecule is CC(C)C(N)C(=O)NC(C(=O)NC(Cc1ccc(O)cc1)C(=O)NC(C(=O)O)C(C)O)C(C)O. The molecule has 0 heterocycles. The first kappa shape index (κ1) is 28.8. The predicted octanol–water partition coefficient (Wildman–Crippen LogP) is -1.78. The number of hydrogen-bond donors (Lipinski definition) is 8. The van der Waals surface area contributed by atoms with Crippen LogP contribution in [0, 0.1) is 5.92 Å². The third-order valence-electron chi connectivity index (χ3n) is 5.14. The number of carbonyl (C=O) groups excluding carboxylic acids is 3. The molecule has 0 aliphatic rings. The number of rotatable bonds is 12. The van der Waals surface area contributed by atoms with Crippen molar-refractivity contribution < 1.29 is 39.6 Å². The van der Waals surface area contributed by atoms with Crippen molar-refractivity contribution in [2.45, 2.75) is 70.5 Å². The monoisotopic (exact) mass is 482 g/mol. The van der Waals surface area contributed by atoms with Gasteiger partial charge in [-0.05, 0) is 37.5 Å². The van der Waals surface area contributed by atoms with E-state index in [1.807, 2.05) is 0 Å². The molecule has 0 saturated carbocycles. The van der Waals surface area contributed by atoms with Gasteiger partial charge in [0.1, 0.15) is 17.8 Å². The summed E-state index contributed by atoms with van der Waals surface area (Å²) < 4.78 is 0. The molecular formula is C22H34N4O8. The number of aromatic hydroxyl groups is 1. The number of phenolic OH excluding ortho intramolecular Hbond substituents is 1. The smallest absolute Gasteiger partial charge is 0.328 e. The Kier molecular flexibility index (Phi) is 10.9. The zero-order valence-corrected chi connectivity index (χ0v) is 19.6. The van der Waals surface area contributed by atoms with Crippen molar-refractivity contribution >= 4 is 23.7 Å². The molecule has 0 aliphatic carbocycles. The van der Waals surface area contributed by atoms with Crippen molar-refractivity contribution in [2.24, 2.45) is 11.7 Å². The average molecular weight is 483 g/mol. The van der Waals surface area contributed by atoms with Crippen LogP contribution in [0.25, 0.3) is 0 Å². The van der Waals surface area contributed by atoms with E-state index >= 15 is 0 Å². The van der Waals surface area contributed by atoms with Gasteiger partial charge in [0.05, 0.1) is 18.2 Å². The highest BCUT2D eigenvalue weighted by Crippen LogP contribution is 2.12. The molecule has 0 fully saturated rings. The third-order valence-corrected chi connectivity index (χ3v) is 5.14. The van der Waals surface area contributed by atoms with Crippen LogP contribution in [0.2, 0.25) is 0 Å². The van der Waals surface area contributed by atoms with Gasteiger partial charge in [-0.2, -0.15) is 0 Å². The van der Waals surface area contributed by atoms with Gasteiger partial charge in [-0.25, -0.2) is 4.79 Å². The Hall–Kier alpha value is -3.22. The van der Waals surface area contributed by atoms with Gasteiger partial charge in [0.25, 0.3) is 0 Å². The molecule has 0 spiro atoms. The summed E-state index contributed by atoms with van der Waals surface area (Å²) in [6.07, 6.45) is -2.88. The van der Waals surface area contributed by atoms with Crippen LogP contribution < -0.4 is 21.7 Å². The molecule has 1 aromatic carbocycles. The van der Waals surface area contributed by atoms with Crippen molar-refractivity contribution in [2.75, 3.05) is 0 Å². The minimum atomic E-state index is -1.64. The van der Waals surface area contributed by atoms with E-state index in [4.69, 9.17) is 5.73 Å². The number of hydrogen-bond acceptors (Lipinski definition) is 8. The first-order valence-corrected chi connectivity index (χ1v) is 10.8. The van der Waals surface area contributed by atoms with E-state index in [1.54, 1.807) is 13.8 Å². The Morgan fingerprint density at radius 3 is 1.76 bits per heavy atom. The summed E-state index contributed by atoms with van der Waals surface area (Å²) in [6, 6.07) is 0.383. The summed E-state index contributed by atoms with van der Waals surface area (Å²) >= 11 is 0. The molecule has 1 aromatic rings. The lowest BCUT2D eigenvalue weighted by molar-refractivity contribution is -0.145. The summed E-state index contributed by atoms with van der Waals surface area (Å²) in [5, 5.41) is 45.4. The zero-order chi connectivity index (χ0) is 26.2. The second-order valence-electron chi connectivity index (χ2n) is 8.49. The zero-order valence-electron chi connectivity index (χ0n) is 19.6. The van der Waals surface area contributed by atoms with Crippen LogP contribution >= 0.6 is 0 Å². The molecule has 12 heteroatoms. The number of aliphatic hydroxyl groups is 2. The Balaban J connectivity index is 3.14. The van der Waals surface area contributed by atoms with Gasteiger partial charge in [0, 0.05) is 6.42 Å². The van der Waals surface area contributed by atoms with Crippen molar-refractivity contribution in [1.29, 1.82) is 0 Å². The third kappa shape index (κ3) is 8.61. The Bertz CT molecular complexity index is 857. The van der Waals surface area contributed by atoms with E-state index in [1.165, 1.54) is 38.1 Å². The Morgan fingerprint density at radius 2 is 1.32 bits per heavy atom. The number of nitrogens with two attached hydrogens (primary N) is 1. The van der Waals surface area contributed by atoms with Crippen LogP contribution in [0.5, 0.6) is 5.75 Å². The van der Waals surface area contributed by atoms with Crippen molar-refractivity contribution in [1.82, 2.24) is 16.0 Å². The van der Waals surface area contributed by atoms with Crippen LogP contribution in [-0.4, -0.2) is 80.5 Å². The predicted molar refractivity (Wildman–Crippen MR) is 121 cm³/mol. The molecule has 0 saturated heterocycles. The maximum absolute atomic E-state index is 12.9. The van der Waals surface area contributed by atoms with Gasteiger partial charge in [0.2, 0.25) is 17.7 Å². The highest BCUT2D eigenvalue weighted by molar-refractivity contribution is 5.94. The van der Waals surface area contributed by atoms with Crippen molar-refractivity contribution in [3.63, 3.8) is 0 Å². The van der Waals surface area contributed by atoms with Gasteiger partial charge in [-0.15, -0.1) is 0 Å². The highest BCUT2D eigenvalue weighted by atomic mass is 16.4. The first-order valence-electron chi connectivity index (χ1n) is 10.8. The van der Waals surface area contributed by atoms with E-state index in [9.17, 15) is 39.6 Å². The fourth-order valence-electron chi connectivity index (χ4n) is 2.94. The van der Waals surface area contributed by atoms with E-state index in [0.29, 0.717) is 5.56 Å². The quantitative estimate of drug-likeness (QED) is 0.169. The standard InChI is InChI=1S/C22H34N4O8/c1-10(2)16(23)20(31)25-17(11(3)27)21(32)24-15(9-13-5-7-14(29)8-6-13)19(30)26-18(12(4)28)22(33)34/h5-8,10-12,15-18,27-29H,9,23H2,1-4H3,(H,24,32)(H,25,31)(H,26,30)(H,33,34). The number of amides is 3. The maximum atomic E-state index is 12.9. The molecular weight excluding hydrogens is 448 g/mol. The normalized spacial score (nSPS) is 16.5. The Morgan fingerprint density at radius 1 is 0.824 bits per heavy atom. The van der Waals surface area contributed by atoms with Gasteiger partial charge in [0.15, 0.2) is 6.04 Å². The molecule has 0 radical (unpaired) electrons. The second kappa shape index (κ2) is 12.9. The molecule has 0 aromatic heterocycles. The number of carboxylic acids is 1. The van der Waals surface area contributed by atoms with Crippen LogP contribution in [0.1, 0.15) is 33.3 Å². The molecule has 3 amide bonds. The van der Waals surface area contributed by atoms with Crippen LogP contribution in [0.4, 0.5) is 0 Å². The number of nitrogens with one attached hydrogen (secondary N) is 3. The topological polar surface area (TPSA) is 211 Å². The van der Waals surface area contributed by atoms with Crippen LogP contribution in [-0.2, 0) is 25.6 Å². The summed E-state index contributed by atoms with van der Waals surface area (Å²) in [7, 11) is 0. The molecule has 6 atom stereocenters. The number of benzene rings is 1. The van der Waals surface area contributed by atoms with Gasteiger partial charge in [-0.3, -0.25) is 14.4 Å². The highest BCUT2D eigenvalue weighted by Gasteiger charge is 2.33. The minimum absolute atomic E-state index is 0.0211. The average Bonchev–Trinajstić information content (AvgIpc) is 2.74.